The lowest BCUT2D eigenvalue weighted by Crippen LogP contribution is -2.29. The summed E-state index contributed by atoms with van der Waals surface area (Å²) in [7, 11) is 0. The second-order valence-electron chi connectivity index (χ2n) is 2.91. The number of nitrogens with one attached hydrogen (secondary N) is 1. The van der Waals surface area contributed by atoms with Gasteiger partial charge in [0, 0.05) is 18.7 Å². The van der Waals surface area contributed by atoms with E-state index in [9.17, 15) is 14.9 Å². The van der Waals surface area contributed by atoms with Gasteiger partial charge in [-0.3, -0.25) is 14.9 Å². The molecule has 0 aliphatic rings. The standard InChI is InChI=1S/C9H11N3O3/c10-5-9(13)11-6-7-2-1-3-8(4-7)12(14)15/h1-4H,5-6,10H2,(H,11,13). The molecule has 0 radical (unpaired) electrons. The summed E-state index contributed by atoms with van der Waals surface area (Å²) < 4.78 is 0. The maximum Gasteiger partial charge on any atom is 0.269 e. The average Bonchev–Trinajstić information content (AvgIpc) is 2.26. The zero-order valence-corrected chi connectivity index (χ0v) is 7.97. The van der Waals surface area contributed by atoms with Gasteiger partial charge in [0.1, 0.15) is 0 Å². The number of nitrogens with two attached hydrogens (primary N) is 1. The molecule has 0 fully saturated rings. The second-order valence-corrected chi connectivity index (χ2v) is 2.91. The van der Waals surface area contributed by atoms with Gasteiger partial charge < -0.3 is 11.1 Å². The van der Waals surface area contributed by atoms with Crippen LogP contribution in [0.25, 0.3) is 0 Å². The molecule has 1 aromatic rings. The van der Waals surface area contributed by atoms with Gasteiger partial charge in [0.2, 0.25) is 5.91 Å². The summed E-state index contributed by atoms with van der Waals surface area (Å²) in [6.45, 7) is 0.159. The van der Waals surface area contributed by atoms with Gasteiger partial charge in [0.15, 0.2) is 0 Å². The Kier molecular flexibility index (Phi) is 3.75. The Morgan fingerprint density at radius 3 is 2.87 bits per heavy atom. The molecule has 0 saturated heterocycles. The van der Waals surface area contributed by atoms with Gasteiger partial charge in [-0.2, -0.15) is 0 Å². The summed E-state index contributed by atoms with van der Waals surface area (Å²) in [5.41, 5.74) is 5.78. The molecule has 1 aromatic carbocycles. The van der Waals surface area contributed by atoms with E-state index in [0.29, 0.717) is 5.56 Å². The molecule has 1 amide bonds. The molecule has 0 spiro atoms. The zero-order chi connectivity index (χ0) is 11.3. The van der Waals surface area contributed by atoms with Crippen LogP contribution in [0.5, 0.6) is 0 Å². The lowest BCUT2D eigenvalue weighted by molar-refractivity contribution is -0.384. The molecule has 3 N–H and O–H groups in total. The number of hydrogen-bond acceptors (Lipinski definition) is 4. The highest BCUT2D eigenvalue weighted by atomic mass is 16.6. The first-order chi connectivity index (χ1) is 7.13. The van der Waals surface area contributed by atoms with Crippen molar-refractivity contribution in [3.05, 3.63) is 39.9 Å². The summed E-state index contributed by atoms with van der Waals surface area (Å²) in [5, 5.41) is 13.0. The number of hydrogen-bond donors (Lipinski definition) is 2. The number of carbonyl (C=O) groups excluding carboxylic acids is 1. The van der Waals surface area contributed by atoms with Crippen LogP contribution >= 0.6 is 0 Å². The Bertz CT molecular complexity index is 379. The first kappa shape index (κ1) is 11.1. The molecule has 0 atom stereocenters. The number of non-ortho nitro benzene ring substituents is 1. The van der Waals surface area contributed by atoms with Crippen LogP contribution in [-0.2, 0) is 11.3 Å². The number of nitrogens with zero attached hydrogens (tertiary/aromatic N) is 1. The summed E-state index contributed by atoms with van der Waals surface area (Å²) >= 11 is 0. The van der Waals surface area contributed by atoms with Crippen molar-refractivity contribution in [3.8, 4) is 0 Å². The van der Waals surface area contributed by atoms with Crippen molar-refractivity contribution in [2.24, 2.45) is 5.73 Å². The SMILES string of the molecule is NCC(=O)NCc1cccc([N+](=O)[O-])c1. The highest BCUT2D eigenvalue weighted by Crippen LogP contribution is 2.12. The molecule has 80 valence electrons. The number of nitro groups is 1. The molecule has 15 heavy (non-hydrogen) atoms. The number of amides is 1. The fourth-order valence-corrected chi connectivity index (χ4v) is 1.05. The fourth-order valence-electron chi connectivity index (χ4n) is 1.05. The minimum atomic E-state index is -0.478. The Morgan fingerprint density at radius 1 is 1.53 bits per heavy atom. The third kappa shape index (κ3) is 3.35. The minimum Gasteiger partial charge on any atom is -0.351 e. The van der Waals surface area contributed by atoms with E-state index in [4.69, 9.17) is 5.73 Å². The number of benzene rings is 1. The van der Waals surface area contributed by atoms with Gasteiger partial charge in [-0.25, -0.2) is 0 Å². The molecule has 6 nitrogen and oxygen atoms in total. The van der Waals surface area contributed by atoms with Gasteiger partial charge >= 0.3 is 0 Å². The Morgan fingerprint density at radius 2 is 2.27 bits per heavy atom. The van der Waals surface area contributed by atoms with E-state index in [-0.39, 0.29) is 24.7 Å². The predicted molar refractivity (Wildman–Crippen MR) is 54.0 cm³/mol. The van der Waals surface area contributed by atoms with Crippen LogP contribution in [0.2, 0.25) is 0 Å². The van der Waals surface area contributed by atoms with E-state index >= 15 is 0 Å². The van der Waals surface area contributed by atoms with E-state index in [0.717, 1.165) is 0 Å². The normalized spacial score (nSPS) is 9.67. The quantitative estimate of drug-likeness (QED) is 0.545. The number of rotatable bonds is 4. The van der Waals surface area contributed by atoms with Gasteiger partial charge in [-0.05, 0) is 5.56 Å². The predicted octanol–water partition coefficient (Wildman–Crippen LogP) is 0.170. The van der Waals surface area contributed by atoms with Crippen LogP contribution in [0.1, 0.15) is 5.56 Å². The van der Waals surface area contributed by atoms with Gasteiger partial charge in [0.05, 0.1) is 11.5 Å². The van der Waals surface area contributed by atoms with Crippen molar-refractivity contribution in [2.45, 2.75) is 6.54 Å². The third-order valence-electron chi connectivity index (χ3n) is 1.80. The van der Waals surface area contributed by atoms with E-state index in [2.05, 4.69) is 5.32 Å². The monoisotopic (exact) mass is 209 g/mol. The maximum absolute atomic E-state index is 10.8. The maximum atomic E-state index is 10.8. The van der Waals surface area contributed by atoms with Crippen molar-refractivity contribution in [2.75, 3.05) is 6.54 Å². The zero-order valence-electron chi connectivity index (χ0n) is 7.97. The van der Waals surface area contributed by atoms with Gasteiger partial charge in [-0.1, -0.05) is 12.1 Å². The van der Waals surface area contributed by atoms with Crippen LogP contribution in [-0.4, -0.2) is 17.4 Å². The average molecular weight is 209 g/mol. The first-order valence-electron chi connectivity index (χ1n) is 4.33. The molecular weight excluding hydrogens is 198 g/mol. The Hall–Kier alpha value is -1.95. The smallest absolute Gasteiger partial charge is 0.269 e. The van der Waals surface area contributed by atoms with Gasteiger partial charge in [0.25, 0.3) is 5.69 Å². The highest BCUT2D eigenvalue weighted by Gasteiger charge is 2.05. The van der Waals surface area contributed by atoms with E-state index in [1.54, 1.807) is 12.1 Å². The molecule has 0 aromatic heterocycles. The summed E-state index contributed by atoms with van der Waals surface area (Å²) in [6, 6.07) is 6.08. The summed E-state index contributed by atoms with van der Waals surface area (Å²) in [4.78, 5) is 20.8. The lowest BCUT2D eigenvalue weighted by atomic mass is 10.2. The first-order valence-corrected chi connectivity index (χ1v) is 4.33. The molecule has 0 unspecified atom stereocenters. The van der Waals surface area contributed by atoms with E-state index in [1.807, 2.05) is 0 Å². The molecule has 0 saturated carbocycles. The van der Waals surface area contributed by atoms with Crippen molar-refractivity contribution in [1.82, 2.24) is 5.32 Å². The number of carbonyl (C=O) groups is 1. The third-order valence-corrected chi connectivity index (χ3v) is 1.80. The largest absolute Gasteiger partial charge is 0.351 e. The molecular formula is C9H11N3O3. The topological polar surface area (TPSA) is 98.3 Å². The van der Waals surface area contributed by atoms with E-state index < -0.39 is 4.92 Å². The van der Waals surface area contributed by atoms with Crippen molar-refractivity contribution in [3.63, 3.8) is 0 Å². The van der Waals surface area contributed by atoms with Crippen LogP contribution in [0.15, 0.2) is 24.3 Å². The van der Waals surface area contributed by atoms with Crippen LogP contribution in [0, 0.1) is 10.1 Å². The molecule has 1 rings (SSSR count). The van der Waals surface area contributed by atoms with E-state index in [1.165, 1.54) is 12.1 Å². The highest BCUT2D eigenvalue weighted by molar-refractivity contribution is 5.77. The summed E-state index contributed by atoms with van der Waals surface area (Å²) in [6.07, 6.45) is 0. The van der Waals surface area contributed by atoms with Crippen molar-refractivity contribution in [1.29, 1.82) is 0 Å². The van der Waals surface area contributed by atoms with Crippen molar-refractivity contribution < 1.29 is 9.72 Å². The van der Waals surface area contributed by atoms with Crippen LogP contribution in [0.4, 0.5) is 5.69 Å². The van der Waals surface area contributed by atoms with Crippen LogP contribution in [0.3, 0.4) is 0 Å². The second kappa shape index (κ2) is 5.06. The fraction of sp³-hybridized carbons (Fsp3) is 0.222. The molecule has 6 heteroatoms. The lowest BCUT2D eigenvalue weighted by Gasteiger charge is -2.02. The molecule has 0 aliphatic carbocycles. The van der Waals surface area contributed by atoms with Gasteiger partial charge in [-0.15, -0.1) is 0 Å². The molecule has 0 aliphatic heterocycles. The minimum absolute atomic E-state index is 0.00879. The summed E-state index contributed by atoms with van der Waals surface area (Å²) in [5.74, 6) is -0.290. The Balaban J connectivity index is 2.66. The van der Waals surface area contributed by atoms with Crippen molar-refractivity contribution >= 4 is 11.6 Å². The molecule has 0 heterocycles. The number of nitro benzene ring substituents is 1. The van der Waals surface area contributed by atoms with Crippen LogP contribution < -0.4 is 11.1 Å². The Labute approximate surface area is 86.2 Å². The molecule has 0 bridgehead atoms.